The first-order valence-corrected chi connectivity index (χ1v) is 11.4. The van der Waals surface area contributed by atoms with E-state index in [1.807, 2.05) is 30.9 Å². The van der Waals surface area contributed by atoms with Gasteiger partial charge < -0.3 is 21.7 Å². The third-order valence-corrected chi connectivity index (χ3v) is 6.05. The first kappa shape index (κ1) is 22.7. The Hall–Kier alpha value is -3.52. The molecular weight excluding hydrogens is 416 g/mol. The number of amidine groups is 1. The van der Waals surface area contributed by atoms with Crippen LogP contribution in [0.5, 0.6) is 0 Å². The van der Waals surface area contributed by atoms with Gasteiger partial charge in [-0.15, -0.1) is 0 Å². The minimum Gasteiger partial charge on any atom is -0.387 e. The van der Waals surface area contributed by atoms with Crippen LogP contribution in [0.15, 0.2) is 41.0 Å². The lowest BCUT2D eigenvalue weighted by atomic mass is 10.0. The number of pyridine rings is 1. The van der Waals surface area contributed by atoms with Crippen molar-refractivity contribution in [3.8, 4) is 0 Å². The summed E-state index contributed by atoms with van der Waals surface area (Å²) in [6.45, 7) is 5.33. The number of nitrogens with zero attached hydrogens (tertiary/aromatic N) is 3. The van der Waals surface area contributed by atoms with Crippen molar-refractivity contribution < 1.29 is 9.59 Å². The molecule has 4 rings (SSSR count). The average Bonchev–Trinajstić information content (AvgIpc) is 3.07. The number of fused-ring (bicyclic) bond motifs is 2. The zero-order valence-corrected chi connectivity index (χ0v) is 19.1. The van der Waals surface area contributed by atoms with Crippen LogP contribution in [0.25, 0.3) is 6.08 Å². The molecule has 0 saturated carbocycles. The van der Waals surface area contributed by atoms with E-state index in [0.29, 0.717) is 41.4 Å². The van der Waals surface area contributed by atoms with Crippen molar-refractivity contribution in [2.75, 3.05) is 18.4 Å². The highest BCUT2D eigenvalue weighted by Crippen LogP contribution is 2.31. The van der Waals surface area contributed by atoms with Gasteiger partial charge in [-0.2, -0.15) is 0 Å². The number of anilines is 1. The third kappa shape index (κ3) is 4.80. The van der Waals surface area contributed by atoms with Crippen LogP contribution in [-0.2, 0) is 11.2 Å². The number of aromatic nitrogens is 1. The predicted octanol–water partition coefficient (Wildman–Crippen LogP) is 3.31. The SMILES string of the molecule is CCCN(CC)C(=O)C1=Cc2ccc(C(=O)Nc3cnc4c(c3)C(N)CC4)cc2N=C(N)C1. The van der Waals surface area contributed by atoms with Gasteiger partial charge in [0, 0.05) is 47.9 Å². The van der Waals surface area contributed by atoms with Crippen molar-refractivity contribution in [3.05, 3.63) is 58.4 Å². The van der Waals surface area contributed by atoms with Crippen LogP contribution in [-0.4, -0.2) is 40.6 Å². The molecule has 8 heteroatoms. The summed E-state index contributed by atoms with van der Waals surface area (Å²) in [5, 5.41) is 2.89. The topological polar surface area (TPSA) is 127 Å². The van der Waals surface area contributed by atoms with E-state index in [2.05, 4.69) is 15.3 Å². The molecule has 2 aliphatic rings. The van der Waals surface area contributed by atoms with E-state index in [-0.39, 0.29) is 24.3 Å². The highest BCUT2D eigenvalue weighted by atomic mass is 16.2. The Balaban J connectivity index is 1.57. The second kappa shape index (κ2) is 9.54. The number of aryl methyl sites for hydroxylation is 1. The van der Waals surface area contributed by atoms with Crippen molar-refractivity contribution in [1.29, 1.82) is 0 Å². The summed E-state index contributed by atoms with van der Waals surface area (Å²) in [5.41, 5.74) is 17.2. The number of carbonyl (C=O) groups excluding carboxylic acids is 2. The lowest BCUT2D eigenvalue weighted by Crippen LogP contribution is -2.33. The summed E-state index contributed by atoms with van der Waals surface area (Å²) in [5.74, 6) is 0.0364. The normalized spacial score (nSPS) is 16.8. The second-order valence-corrected chi connectivity index (χ2v) is 8.47. The molecule has 0 bridgehead atoms. The number of nitrogens with one attached hydrogen (secondary N) is 1. The molecule has 0 fully saturated rings. The molecule has 0 saturated heterocycles. The van der Waals surface area contributed by atoms with Crippen LogP contribution in [0, 0.1) is 0 Å². The van der Waals surface area contributed by atoms with Gasteiger partial charge in [-0.05, 0) is 56.0 Å². The minimum absolute atomic E-state index is 0.0329. The number of rotatable bonds is 6. The summed E-state index contributed by atoms with van der Waals surface area (Å²) in [7, 11) is 0. The van der Waals surface area contributed by atoms with Gasteiger partial charge >= 0.3 is 0 Å². The number of carbonyl (C=O) groups is 2. The maximum atomic E-state index is 13.0. The van der Waals surface area contributed by atoms with Crippen molar-refractivity contribution in [3.63, 3.8) is 0 Å². The number of amides is 2. The molecule has 1 aromatic carbocycles. The summed E-state index contributed by atoms with van der Waals surface area (Å²) < 4.78 is 0. The molecule has 2 aromatic rings. The highest BCUT2D eigenvalue weighted by Gasteiger charge is 2.22. The van der Waals surface area contributed by atoms with Crippen LogP contribution >= 0.6 is 0 Å². The van der Waals surface area contributed by atoms with Crippen LogP contribution in [0.2, 0.25) is 0 Å². The van der Waals surface area contributed by atoms with Gasteiger partial charge in [0.05, 0.1) is 17.6 Å². The quantitative estimate of drug-likeness (QED) is 0.627. The Bertz CT molecular complexity index is 1150. The van der Waals surface area contributed by atoms with Gasteiger partial charge in [0.25, 0.3) is 5.91 Å². The molecule has 172 valence electrons. The molecule has 5 N–H and O–H groups in total. The molecule has 1 atom stereocenters. The zero-order chi connectivity index (χ0) is 23.5. The first-order valence-electron chi connectivity index (χ1n) is 11.4. The van der Waals surface area contributed by atoms with Gasteiger partial charge in [-0.25, -0.2) is 4.99 Å². The summed E-state index contributed by atoms with van der Waals surface area (Å²) in [6, 6.07) is 7.07. The van der Waals surface area contributed by atoms with Crippen molar-refractivity contribution in [2.24, 2.45) is 16.5 Å². The molecule has 8 nitrogen and oxygen atoms in total. The molecule has 2 amide bonds. The monoisotopic (exact) mass is 446 g/mol. The Morgan fingerprint density at radius 2 is 2.06 bits per heavy atom. The van der Waals surface area contributed by atoms with E-state index in [9.17, 15) is 9.59 Å². The molecule has 0 radical (unpaired) electrons. The molecular formula is C25H30N6O2. The smallest absolute Gasteiger partial charge is 0.255 e. The number of benzene rings is 1. The predicted molar refractivity (Wildman–Crippen MR) is 130 cm³/mol. The van der Waals surface area contributed by atoms with Crippen molar-refractivity contribution in [2.45, 2.75) is 45.6 Å². The van der Waals surface area contributed by atoms with Crippen molar-refractivity contribution in [1.82, 2.24) is 9.88 Å². The molecule has 33 heavy (non-hydrogen) atoms. The summed E-state index contributed by atoms with van der Waals surface area (Å²) in [6.07, 6.45) is 6.38. The second-order valence-electron chi connectivity index (χ2n) is 8.47. The van der Waals surface area contributed by atoms with Gasteiger partial charge in [-0.1, -0.05) is 13.0 Å². The number of hydrogen-bond acceptors (Lipinski definition) is 6. The van der Waals surface area contributed by atoms with Crippen molar-refractivity contribution >= 4 is 35.1 Å². The van der Waals surface area contributed by atoms with E-state index in [1.165, 1.54) is 0 Å². The standard InChI is InChI=1S/C25H30N6O2/c1-3-9-31(4-2)25(33)17-10-15-5-6-16(11-22(15)30-23(27)12-17)24(32)29-18-13-19-20(26)7-8-21(19)28-14-18/h5-6,10-11,13-14,20H,3-4,7-9,12,26H2,1-2H3,(H2,27,30)(H,29,32). The first-order chi connectivity index (χ1) is 15.9. The maximum Gasteiger partial charge on any atom is 0.255 e. The van der Waals surface area contributed by atoms with E-state index in [0.717, 1.165) is 36.1 Å². The van der Waals surface area contributed by atoms with E-state index in [1.54, 1.807) is 24.4 Å². The fraction of sp³-hybridized carbons (Fsp3) is 0.360. The van der Waals surface area contributed by atoms with Crippen LogP contribution < -0.4 is 16.8 Å². The highest BCUT2D eigenvalue weighted by molar-refractivity contribution is 6.07. The number of likely N-dealkylation sites (N-methyl/N-ethyl adjacent to an activating group) is 1. The van der Waals surface area contributed by atoms with Crippen LogP contribution in [0.1, 0.15) is 66.3 Å². The van der Waals surface area contributed by atoms with E-state index >= 15 is 0 Å². The van der Waals surface area contributed by atoms with Gasteiger partial charge in [0.1, 0.15) is 5.84 Å². The summed E-state index contributed by atoms with van der Waals surface area (Å²) in [4.78, 5) is 36.6. The Kier molecular flexibility index (Phi) is 6.55. The lowest BCUT2D eigenvalue weighted by molar-refractivity contribution is -0.126. The van der Waals surface area contributed by atoms with Gasteiger partial charge in [0.2, 0.25) is 5.91 Å². The molecule has 1 aromatic heterocycles. The fourth-order valence-electron chi connectivity index (χ4n) is 4.30. The average molecular weight is 447 g/mol. The molecule has 0 spiro atoms. The minimum atomic E-state index is -0.274. The Labute approximate surface area is 193 Å². The zero-order valence-electron chi connectivity index (χ0n) is 19.1. The van der Waals surface area contributed by atoms with Gasteiger partial charge in [0.15, 0.2) is 0 Å². The number of aliphatic imine (C=N–C) groups is 1. The van der Waals surface area contributed by atoms with Crippen LogP contribution in [0.3, 0.4) is 0 Å². The largest absolute Gasteiger partial charge is 0.387 e. The third-order valence-electron chi connectivity index (χ3n) is 6.05. The Morgan fingerprint density at radius 3 is 2.82 bits per heavy atom. The fourth-order valence-corrected chi connectivity index (χ4v) is 4.30. The maximum absolute atomic E-state index is 13.0. The van der Waals surface area contributed by atoms with Crippen LogP contribution in [0.4, 0.5) is 11.4 Å². The molecule has 1 aliphatic carbocycles. The number of hydrogen-bond donors (Lipinski definition) is 3. The molecule has 2 heterocycles. The molecule has 1 unspecified atom stereocenters. The van der Waals surface area contributed by atoms with E-state index < -0.39 is 0 Å². The van der Waals surface area contributed by atoms with E-state index in [4.69, 9.17) is 11.5 Å². The Morgan fingerprint density at radius 1 is 1.24 bits per heavy atom. The lowest BCUT2D eigenvalue weighted by Gasteiger charge is -2.21. The number of nitrogens with two attached hydrogens (primary N) is 2. The van der Waals surface area contributed by atoms with Gasteiger partial charge in [-0.3, -0.25) is 14.6 Å². The summed E-state index contributed by atoms with van der Waals surface area (Å²) >= 11 is 0. The molecule has 1 aliphatic heterocycles.